The van der Waals surface area contributed by atoms with Gasteiger partial charge in [0.2, 0.25) is 0 Å². The summed E-state index contributed by atoms with van der Waals surface area (Å²) in [6.45, 7) is 5.05. The van der Waals surface area contributed by atoms with Gasteiger partial charge in [0.15, 0.2) is 23.9 Å². The van der Waals surface area contributed by atoms with Gasteiger partial charge >= 0.3 is 0 Å². The molecule has 9 heteroatoms. The number of rotatable bonds is 9. The number of aromatic nitrogens is 2. The van der Waals surface area contributed by atoms with Crippen molar-refractivity contribution in [3.63, 3.8) is 0 Å². The average molecular weight is 479 g/mol. The highest BCUT2D eigenvalue weighted by Crippen LogP contribution is 2.31. The van der Waals surface area contributed by atoms with Crippen molar-refractivity contribution in [1.29, 1.82) is 0 Å². The van der Waals surface area contributed by atoms with Crippen LogP contribution in [0.5, 0.6) is 23.0 Å². The van der Waals surface area contributed by atoms with Crippen LogP contribution >= 0.6 is 0 Å². The summed E-state index contributed by atoms with van der Waals surface area (Å²) in [5.41, 5.74) is 1.64. The standard InChI is InChI=1S/C26H30N4O5/c1-4-34-20-6-5-7-21(17-20)35-18-26(31)30-14-12-29(13-15-30)25-11-9-22(27-28-25)19-8-10-23(32-2)24(16-19)33-3/h5-11,16-17H,4,12-15,18H2,1-3H3. The van der Waals surface area contributed by atoms with E-state index in [2.05, 4.69) is 15.1 Å². The van der Waals surface area contributed by atoms with Crippen molar-refractivity contribution in [2.45, 2.75) is 6.92 Å². The molecule has 0 spiro atoms. The molecule has 1 amide bonds. The fourth-order valence-electron chi connectivity index (χ4n) is 3.89. The molecular formula is C26H30N4O5. The van der Waals surface area contributed by atoms with Crippen LogP contribution in [0.1, 0.15) is 6.92 Å². The van der Waals surface area contributed by atoms with E-state index >= 15 is 0 Å². The van der Waals surface area contributed by atoms with Crippen molar-refractivity contribution in [3.05, 3.63) is 54.6 Å². The van der Waals surface area contributed by atoms with Gasteiger partial charge in [0, 0.05) is 37.8 Å². The molecule has 1 aromatic heterocycles. The maximum Gasteiger partial charge on any atom is 0.260 e. The van der Waals surface area contributed by atoms with E-state index in [4.69, 9.17) is 18.9 Å². The number of hydrogen-bond acceptors (Lipinski definition) is 8. The summed E-state index contributed by atoms with van der Waals surface area (Å²) in [6.07, 6.45) is 0. The van der Waals surface area contributed by atoms with Crippen LogP contribution in [-0.2, 0) is 4.79 Å². The van der Waals surface area contributed by atoms with E-state index in [0.29, 0.717) is 50.0 Å². The molecule has 0 radical (unpaired) electrons. The minimum Gasteiger partial charge on any atom is -0.494 e. The number of benzene rings is 2. The van der Waals surface area contributed by atoms with Gasteiger partial charge < -0.3 is 28.7 Å². The van der Waals surface area contributed by atoms with Crippen LogP contribution in [0.3, 0.4) is 0 Å². The molecule has 1 saturated heterocycles. The number of ether oxygens (including phenoxy) is 4. The molecule has 2 aromatic carbocycles. The number of hydrogen-bond donors (Lipinski definition) is 0. The summed E-state index contributed by atoms with van der Waals surface area (Å²) in [7, 11) is 3.21. The summed E-state index contributed by atoms with van der Waals surface area (Å²) < 4.78 is 21.8. The second-order valence-corrected chi connectivity index (χ2v) is 7.91. The highest BCUT2D eigenvalue weighted by atomic mass is 16.5. The van der Waals surface area contributed by atoms with E-state index in [1.54, 1.807) is 20.3 Å². The molecule has 3 aromatic rings. The van der Waals surface area contributed by atoms with Crippen molar-refractivity contribution in [2.75, 3.05) is 58.5 Å². The Morgan fingerprint density at radius 1 is 0.857 bits per heavy atom. The fourth-order valence-corrected chi connectivity index (χ4v) is 3.89. The maximum absolute atomic E-state index is 12.6. The molecule has 0 atom stereocenters. The molecule has 2 heterocycles. The van der Waals surface area contributed by atoms with Gasteiger partial charge in [0.25, 0.3) is 5.91 Å². The van der Waals surface area contributed by atoms with E-state index in [-0.39, 0.29) is 12.5 Å². The second-order valence-electron chi connectivity index (χ2n) is 7.91. The molecule has 0 saturated carbocycles. The van der Waals surface area contributed by atoms with Crippen molar-refractivity contribution in [1.82, 2.24) is 15.1 Å². The molecule has 1 aliphatic heterocycles. The number of piperazine rings is 1. The van der Waals surface area contributed by atoms with Gasteiger partial charge in [-0.25, -0.2) is 0 Å². The summed E-state index contributed by atoms with van der Waals surface area (Å²) in [4.78, 5) is 16.6. The lowest BCUT2D eigenvalue weighted by molar-refractivity contribution is -0.133. The van der Waals surface area contributed by atoms with Gasteiger partial charge in [-0.2, -0.15) is 0 Å². The lowest BCUT2D eigenvalue weighted by Crippen LogP contribution is -2.50. The Kier molecular flexibility index (Phi) is 7.87. The van der Waals surface area contributed by atoms with Gasteiger partial charge in [0.1, 0.15) is 11.5 Å². The van der Waals surface area contributed by atoms with Crippen molar-refractivity contribution < 1.29 is 23.7 Å². The van der Waals surface area contributed by atoms with Crippen LogP contribution in [0.25, 0.3) is 11.3 Å². The number of methoxy groups -OCH3 is 2. The number of carbonyl (C=O) groups excluding carboxylic acids is 1. The molecule has 0 unspecified atom stereocenters. The third kappa shape index (κ3) is 5.92. The summed E-state index contributed by atoms with van der Waals surface area (Å²) in [5.74, 6) is 3.39. The molecule has 0 N–H and O–H groups in total. The van der Waals surface area contributed by atoms with Crippen molar-refractivity contribution >= 4 is 11.7 Å². The lowest BCUT2D eigenvalue weighted by atomic mass is 10.1. The Labute approximate surface area is 205 Å². The van der Waals surface area contributed by atoms with E-state index < -0.39 is 0 Å². The molecule has 1 fully saturated rings. The first-order valence-corrected chi connectivity index (χ1v) is 11.6. The molecular weight excluding hydrogens is 448 g/mol. The minimum atomic E-state index is -0.0404. The third-order valence-electron chi connectivity index (χ3n) is 5.76. The summed E-state index contributed by atoms with van der Waals surface area (Å²) in [5, 5.41) is 8.80. The zero-order valence-corrected chi connectivity index (χ0v) is 20.3. The van der Waals surface area contributed by atoms with Crippen LogP contribution in [0.2, 0.25) is 0 Å². The predicted octanol–water partition coefficient (Wildman–Crippen LogP) is 3.29. The molecule has 0 aliphatic carbocycles. The topological polar surface area (TPSA) is 86.3 Å². The first-order chi connectivity index (χ1) is 17.1. The molecule has 184 valence electrons. The van der Waals surface area contributed by atoms with E-state index in [9.17, 15) is 4.79 Å². The molecule has 4 rings (SSSR count). The van der Waals surface area contributed by atoms with E-state index in [1.165, 1.54) is 0 Å². The zero-order chi connectivity index (χ0) is 24.6. The number of anilines is 1. The van der Waals surface area contributed by atoms with Crippen LogP contribution in [0, 0.1) is 0 Å². The third-order valence-corrected chi connectivity index (χ3v) is 5.76. The Hall–Kier alpha value is -4.01. The van der Waals surface area contributed by atoms with Gasteiger partial charge in [-0.1, -0.05) is 6.07 Å². The second kappa shape index (κ2) is 11.4. The maximum atomic E-state index is 12.6. The monoisotopic (exact) mass is 478 g/mol. The lowest BCUT2D eigenvalue weighted by Gasteiger charge is -2.35. The van der Waals surface area contributed by atoms with Crippen LogP contribution in [-0.4, -0.2) is 74.6 Å². The normalized spacial score (nSPS) is 13.3. The largest absolute Gasteiger partial charge is 0.494 e. The highest BCUT2D eigenvalue weighted by Gasteiger charge is 2.22. The van der Waals surface area contributed by atoms with E-state index in [0.717, 1.165) is 22.8 Å². The molecule has 1 aliphatic rings. The zero-order valence-electron chi connectivity index (χ0n) is 20.3. The first-order valence-electron chi connectivity index (χ1n) is 11.6. The quantitative estimate of drug-likeness (QED) is 0.463. The van der Waals surface area contributed by atoms with Gasteiger partial charge in [-0.15, -0.1) is 10.2 Å². The van der Waals surface area contributed by atoms with Crippen molar-refractivity contribution in [3.8, 4) is 34.3 Å². The number of amides is 1. The smallest absolute Gasteiger partial charge is 0.260 e. The average Bonchev–Trinajstić information content (AvgIpc) is 2.92. The Morgan fingerprint density at radius 3 is 2.26 bits per heavy atom. The highest BCUT2D eigenvalue weighted by molar-refractivity contribution is 5.78. The summed E-state index contributed by atoms with van der Waals surface area (Å²) in [6, 6.07) is 16.8. The number of carbonyl (C=O) groups is 1. The van der Waals surface area contributed by atoms with Gasteiger partial charge in [-0.3, -0.25) is 4.79 Å². The first kappa shape index (κ1) is 24.1. The van der Waals surface area contributed by atoms with E-state index in [1.807, 2.05) is 60.4 Å². The Bertz CT molecular complexity index is 1130. The SMILES string of the molecule is CCOc1cccc(OCC(=O)N2CCN(c3ccc(-c4ccc(OC)c(OC)c4)nn3)CC2)c1. The molecule has 9 nitrogen and oxygen atoms in total. The van der Waals surface area contributed by atoms with Crippen LogP contribution in [0.4, 0.5) is 5.82 Å². The predicted molar refractivity (Wildman–Crippen MR) is 132 cm³/mol. The minimum absolute atomic E-state index is 0.00456. The van der Waals surface area contributed by atoms with Gasteiger partial charge in [-0.05, 0) is 49.4 Å². The van der Waals surface area contributed by atoms with Crippen LogP contribution in [0.15, 0.2) is 54.6 Å². The molecule has 0 bridgehead atoms. The van der Waals surface area contributed by atoms with Crippen LogP contribution < -0.4 is 23.8 Å². The number of nitrogens with zero attached hydrogens (tertiary/aromatic N) is 4. The Morgan fingerprint density at radius 2 is 1.60 bits per heavy atom. The molecule has 35 heavy (non-hydrogen) atoms. The van der Waals surface area contributed by atoms with Gasteiger partial charge in [0.05, 0.1) is 26.5 Å². The fraction of sp³-hybridized carbons (Fsp3) is 0.346. The van der Waals surface area contributed by atoms with Crippen molar-refractivity contribution in [2.24, 2.45) is 0 Å². The summed E-state index contributed by atoms with van der Waals surface area (Å²) >= 11 is 0. The Balaban J connectivity index is 1.30.